The number of nitrogens with zero attached hydrogens (tertiary/aromatic N) is 3. The summed E-state index contributed by atoms with van der Waals surface area (Å²) in [6, 6.07) is 5.91. The van der Waals surface area contributed by atoms with Gasteiger partial charge in [-0.3, -0.25) is 9.78 Å². The number of likely N-dealkylation sites (tertiary alicyclic amines) is 2. The number of aromatic nitrogens is 1. The van der Waals surface area contributed by atoms with Gasteiger partial charge in [-0.1, -0.05) is 6.07 Å². The van der Waals surface area contributed by atoms with E-state index in [0.29, 0.717) is 13.1 Å². The lowest BCUT2D eigenvalue weighted by Gasteiger charge is -2.34. The number of hydrogen-bond donors (Lipinski definition) is 1. The van der Waals surface area contributed by atoms with Crippen LogP contribution in [0.2, 0.25) is 0 Å². The summed E-state index contributed by atoms with van der Waals surface area (Å²) < 4.78 is 0. The van der Waals surface area contributed by atoms with Gasteiger partial charge in [-0.2, -0.15) is 0 Å². The first-order valence-electron chi connectivity index (χ1n) is 8.95. The van der Waals surface area contributed by atoms with Crippen molar-refractivity contribution in [1.29, 1.82) is 0 Å². The van der Waals surface area contributed by atoms with Gasteiger partial charge in [0.1, 0.15) is 0 Å². The lowest BCUT2D eigenvalue weighted by molar-refractivity contribution is -0.126. The number of rotatable bonds is 4. The van der Waals surface area contributed by atoms with Crippen molar-refractivity contribution in [2.75, 3.05) is 32.7 Å². The molecule has 2 saturated heterocycles. The van der Waals surface area contributed by atoms with E-state index >= 15 is 0 Å². The van der Waals surface area contributed by atoms with E-state index in [1.54, 1.807) is 6.20 Å². The Morgan fingerprint density at radius 3 is 2.67 bits per heavy atom. The van der Waals surface area contributed by atoms with E-state index in [4.69, 9.17) is 0 Å². The van der Waals surface area contributed by atoms with Crippen LogP contribution in [-0.2, 0) is 11.2 Å². The van der Waals surface area contributed by atoms with Crippen LogP contribution in [0.1, 0.15) is 31.4 Å². The molecule has 24 heavy (non-hydrogen) atoms. The molecule has 0 aromatic carbocycles. The van der Waals surface area contributed by atoms with Crippen LogP contribution in [0.25, 0.3) is 0 Å². The van der Waals surface area contributed by atoms with Gasteiger partial charge in [-0.15, -0.1) is 0 Å². The maximum atomic E-state index is 12.5. The Bertz CT molecular complexity index is 557. The fourth-order valence-corrected chi connectivity index (χ4v) is 3.48. The highest BCUT2D eigenvalue weighted by atomic mass is 16.2. The molecule has 0 unspecified atom stereocenters. The number of nitrogens with one attached hydrogen (secondary N) is 1. The number of carbonyl (C=O) groups excluding carboxylic acids is 2. The van der Waals surface area contributed by atoms with Crippen molar-refractivity contribution in [1.82, 2.24) is 20.1 Å². The lowest BCUT2D eigenvalue weighted by atomic mass is 9.97. The standard InChI is InChI=1S/C18H26N4O2/c23-17(20-10-8-16-7-1-2-9-19-16)15-6-5-13-22(14-15)18(24)21-11-3-4-12-21/h1-2,7,9,15H,3-6,8,10-14H2,(H,20,23)/t15-/m1/s1. The third-order valence-electron chi connectivity index (χ3n) is 4.85. The summed E-state index contributed by atoms with van der Waals surface area (Å²) in [4.78, 5) is 32.9. The molecule has 6 nitrogen and oxygen atoms in total. The average Bonchev–Trinajstić information content (AvgIpc) is 3.16. The molecule has 0 spiro atoms. The van der Waals surface area contributed by atoms with Gasteiger partial charge in [0.2, 0.25) is 5.91 Å². The van der Waals surface area contributed by atoms with Gasteiger partial charge in [-0.05, 0) is 37.8 Å². The maximum Gasteiger partial charge on any atom is 0.320 e. The van der Waals surface area contributed by atoms with Gasteiger partial charge in [0, 0.05) is 51.0 Å². The number of piperidine rings is 1. The number of amides is 3. The fraction of sp³-hybridized carbons (Fsp3) is 0.611. The molecule has 1 N–H and O–H groups in total. The molecule has 1 atom stereocenters. The SMILES string of the molecule is O=C(NCCc1ccccn1)[C@@H]1CCCN(C(=O)N2CCCC2)C1. The van der Waals surface area contributed by atoms with Crippen LogP contribution in [0.5, 0.6) is 0 Å². The van der Waals surface area contributed by atoms with Crippen molar-refractivity contribution in [2.45, 2.75) is 32.1 Å². The highest BCUT2D eigenvalue weighted by Gasteiger charge is 2.31. The number of urea groups is 1. The van der Waals surface area contributed by atoms with Crippen molar-refractivity contribution >= 4 is 11.9 Å². The zero-order chi connectivity index (χ0) is 16.8. The summed E-state index contributed by atoms with van der Waals surface area (Å²) in [5, 5.41) is 3.00. The molecule has 6 heteroatoms. The topological polar surface area (TPSA) is 65.5 Å². The molecule has 3 amide bonds. The van der Waals surface area contributed by atoms with E-state index in [1.165, 1.54) is 0 Å². The molecule has 0 radical (unpaired) electrons. The Balaban J connectivity index is 1.45. The molecule has 2 fully saturated rings. The van der Waals surface area contributed by atoms with Gasteiger partial charge in [0.05, 0.1) is 5.92 Å². The molecule has 0 saturated carbocycles. The predicted molar refractivity (Wildman–Crippen MR) is 91.5 cm³/mol. The summed E-state index contributed by atoms with van der Waals surface area (Å²) in [5.74, 6) is -0.0288. The van der Waals surface area contributed by atoms with Gasteiger partial charge in [0.25, 0.3) is 0 Å². The Morgan fingerprint density at radius 2 is 1.92 bits per heavy atom. The van der Waals surface area contributed by atoms with Crippen molar-refractivity contribution in [3.8, 4) is 0 Å². The van der Waals surface area contributed by atoms with Gasteiger partial charge in [0.15, 0.2) is 0 Å². The van der Waals surface area contributed by atoms with E-state index in [2.05, 4.69) is 10.3 Å². The molecular formula is C18H26N4O2. The van der Waals surface area contributed by atoms with E-state index in [0.717, 1.165) is 57.4 Å². The minimum atomic E-state index is -0.0889. The maximum absolute atomic E-state index is 12.5. The van der Waals surface area contributed by atoms with Crippen LogP contribution >= 0.6 is 0 Å². The van der Waals surface area contributed by atoms with Crippen molar-refractivity contribution in [3.05, 3.63) is 30.1 Å². The Labute approximate surface area is 143 Å². The molecule has 3 rings (SSSR count). The summed E-state index contributed by atoms with van der Waals surface area (Å²) in [6.07, 6.45) is 6.45. The van der Waals surface area contributed by atoms with E-state index < -0.39 is 0 Å². The number of pyridine rings is 1. The minimum Gasteiger partial charge on any atom is -0.355 e. The number of hydrogen-bond acceptors (Lipinski definition) is 3. The molecule has 3 heterocycles. The molecule has 1 aromatic rings. The summed E-state index contributed by atoms with van der Waals surface area (Å²) in [6.45, 7) is 3.62. The van der Waals surface area contributed by atoms with Gasteiger partial charge in [-0.25, -0.2) is 4.79 Å². The lowest BCUT2D eigenvalue weighted by Crippen LogP contribution is -2.49. The third-order valence-corrected chi connectivity index (χ3v) is 4.85. The zero-order valence-corrected chi connectivity index (χ0v) is 14.1. The van der Waals surface area contributed by atoms with Crippen LogP contribution in [0.4, 0.5) is 4.79 Å². The van der Waals surface area contributed by atoms with Gasteiger partial charge < -0.3 is 15.1 Å². The molecule has 2 aliphatic heterocycles. The van der Waals surface area contributed by atoms with Crippen LogP contribution in [0.3, 0.4) is 0 Å². The average molecular weight is 330 g/mol. The largest absolute Gasteiger partial charge is 0.355 e. The van der Waals surface area contributed by atoms with Crippen LogP contribution in [0, 0.1) is 5.92 Å². The van der Waals surface area contributed by atoms with Crippen molar-refractivity contribution in [3.63, 3.8) is 0 Å². The van der Waals surface area contributed by atoms with E-state index in [1.807, 2.05) is 28.0 Å². The third kappa shape index (κ3) is 4.24. The molecule has 0 bridgehead atoms. The predicted octanol–water partition coefficient (Wildman–Crippen LogP) is 1.67. The minimum absolute atomic E-state index is 0.0600. The second-order valence-corrected chi connectivity index (χ2v) is 6.62. The van der Waals surface area contributed by atoms with Crippen LogP contribution < -0.4 is 5.32 Å². The monoisotopic (exact) mass is 330 g/mol. The zero-order valence-electron chi connectivity index (χ0n) is 14.1. The summed E-state index contributed by atoms with van der Waals surface area (Å²) >= 11 is 0. The molecule has 1 aromatic heterocycles. The first-order valence-corrected chi connectivity index (χ1v) is 8.95. The Hall–Kier alpha value is -2.11. The molecule has 130 valence electrons. The van der Waals surface area contributed by atoms with Crippen LogP contribution in [0.15, 0.2) is 24.4 Å². The van der Waals surface area contributed by atoms with Crippen molar-refractivity contribution in [2.24, 2.45) is 5.92 Å². The molecular weight excluding hydrogens is 304 g/mol. The normalized spacial score (nSPS) is 20.9. The Kier molecular flexibility index (Phi) is 5.67. The summed E-state index contributed by atoms with van der Waals surface area (Å²) in [5.41, 5.74) is 0.979. The van der Waals surface area contributed by atoms with E-state index in [-0.39, 0.29) is 17.9 Å². The first-order chi connectivity index (χ1) is 11.7. The second kappa shape index (κ2) is 8.13. The summed E-state index contributed by atoms with van der Waals surface area (Å²) in [7, 11) is 0. The number of carbonyl (C=O) groups is 2. The highest BCUT2D eigenvalue weighted by molar-refractivity contribution is 5.81. The fourth-order valence-electron chi connectivity index (χ4n) is 3.48. The molecule has 2 aliphatic rings. The second-order valence-electron chi connectivity index (χ2n) is 6.62. The van der Waals surface area contributed by atoms with Crippen LogP contribution in [-0.4, -0.2) is 59.4 Å². The van der Waals surface area contributed by atoms with E-state index in [9.17, 15) is 9.59 Å². The molecule has 0 aliphatic carbocycles. The van der Waals surface area contributed by atoms with Gasteiger partial charge >= 0.3 is 6.03 Å². The highest BCUT2D eigenvalue weighted by Crippen LogP contribution is 2.19. The smallest absolute Gasteiger partial charge is 0.320 e. The van der Waals surface area contributed by atoms with Crippen molar-refractivity contribution < 1.29 is 9.59 Å². The Morgan fingerprint density at radius 1 is 1.12 bits per heavy atom. The first kappa shape index (κ1) is 16.7. The quantitative estimate of drug-likeness (QED) is 0.913.